The van der Waals surface area contributed by atoms with Crippen molar-refractivity contribution in [3.05, 3.63) is 11.6 Å². The molecule has 0 aromatic heterocycles. The quantitative estimate of drug-likeness (QED) is 0.574. The van der Waals surface area contributed by atoms with Gasteiger partial charge in [0.2, 0.25) is 5.91 Å². The fourth-order valence-electron chi connectivity index (χ4n) is 1.25. The summed E-state index contributed by atoms with van der Waals surface area (Å²) in [5, 5.41) is 2.66. The third-order valence-electron chi connectivity index (χ3n) is 2.39. The molecule has 0 aliphatic heterocycles. The molecule has 0 fully saturated rings. The van der Waals surface area contributed by atoms with Gasteiger partial charge in [0.05, 0.1) is 7.11 Å². The van der Waals surface area contributed by atoms with E-state index in [0.717, 1.165) is 12.0 Å². The first-order chi connectivity index (χ1) is 7.42. The predicted molar refractivity (Wildman–Crippen MR) is 62.8 cm³/mol. The van der Waals surface area contributed by atoms with Crippen molar-refractivity contribution in [1.82, 2.24) is 5.32 Å². The van der Waals surface area contributed by atoms with Gasteiger partial charge in [-0.1, -0.05) is 25.8 Å². The first-order valence-electron chi connectivity index (χ1n) is 5.45. The maximum Gasteiger partial charge on any atom is 0.328 e. The average Bonchev–Trinajstić information content (AvgIpc) is 2.22. The number of methoxy groups -OCH3 is 1. The lowest BCUT2D eigenvalue weighted by Gasteiger charge is -2.21. The van der Waals surface area contributed by atoms with Crippen LogP contribution in [0.4, 0.5) is 0 Å². The van der Waals surface area contributed by atoms with E-state index in [9.17, 15) is 9.59 Å². The molecule has 4 heteroatoms. The summed E-state index contributed by atoms with van der Waals surface area (Å²) in [5.41, 5.74) is 0.894. The lowest BCUT2D eigenvalue weighted by Crippen LogP contribution is -2.45. The molecule has 1 N–H and O–H groups in total. The second kappa shape index (κ2) is 7.04. The zero-order chi connectivity index (χ0) is 12.7. The van der Waals surface area contributed by atoms with Crippen LogP contribution in [0.2, 0.25) is 0 Å². The molecule has 0 unspecified atom stereocenters. The molecule has 0 bridgehead atoms. The summed E-state index contributed by atoms with van der Waals surface area (Å²) in [4.78, 5) is 23.0. The Balaban J connectivity index is 4.61. The Hall–Kier alpha value is -1.32. The summed E-state index contributed by atoms with van der Waals surface area (Å²) in [6.45, 7) is 7.53. The molecule has 0 spiro atoms. The number of ether oxygens (including phenoxy) is 1. The lowest BCUT2D eigenvalue weighted by atomic mass is 9.99. The van der Waals surface area contributed by atoms with Gasteiger partial charge in [-0.25, -0.2) is 4.79 Å². The molecule has 0 aromatic rings. The van der Waals surface area contributed by atoms with Crippen molar-refractivity contribution in [2.24, 2.45) is 5.92 Å². The maximum atomic E-state index is 11.5. The minimum atomic E-state index is -0.571. The second-order valence-electron chi connectivity index (χ2n) is 4.12. The summed E-state index contributed by atoms with van der Waals surface area (Å²) < 4.78 is 4.67. The van der Waals surface area contributed by atoms with Crippen LogP contribution < -0.4 is 5.32 Å². The molecule has 92 valence electrons. The van der Waals surface area contributed by atoms with Crippen molar-refractivity contribution < 1.29 is 14.3 Å². The zero-order valence-electron chi connectivity index (χ0n) is 10.7. The summed E-state index contributed by atoms with van der Waals surface area (Å²) in [6, 6.07) is -0.571. The van der Waals surface area contributed by atoms with E-state index < -0.39 is 12.0 Å². The number of rotatable bonds is 5. The van der Waals surface area contributed by atoms with Gasteiger partial charge in [0, 0.05) is 6.08 Å². The standard InChI is InChI=1S/C12H21NO3/c1-6-9(4)11(12(15)16-5)13-10(14)7-8(2)3/h7,9,11H,6H2,1-5H3,(H,13,14)/t9-,11-/m1/s1. The Bertz CT molecular complexity index is 280. The number of nitrogens with one attached hydrogen (secondary N) is 1. The molecule has 0 aliphatic carbocycles. The summed E-state index contributed by atoms with van der Waals surface area (Å²) >= 11 is 0. The van der Waals surface area contributed by atoms with Gasteiger partial charge >= 0.3 is 5.97 Å². The van der Waals surface area contributed by atoms with Gasteiger partial charge in [-0.05, 0) is 19.8 Å². The molecule has 0 radical (unpaired) electrons. The largest absolute Gasteiger partial charge is 0.467 e. The highest BCUT2D eigenvalue weighted by Gasteiger charge is 2.25. The van der Waals surface area contributed by atoms with Crippen LogP contribution >= 0.6 is 0 Å². The molecule has 0 heterocycles. The highest BCUT2D eigenvalue weighted by molar-refractivity contribution is 5.91. The van der Waals surface area contributed by atoms with Crippen LogP contribution in [0.3, 0.4) is 0 Å². The van der Waals surface area contributed by atoms with Crippen molar-refractivity contribution in [3.63, 3.8) is 0 Å². The molecule has 0 saturated heterocycles. The number of hydrogen-bond acceptors (Lipinski definition) is 3. The van der Waals surface area contributed by atoms with Gasteiger partial charge in [0.1, 0.15) is 6.04 Å². The summed E-state index contributed by atoms with van der Waals surface area (Å²) in [7, 11) is 1.32. The number of hydrogen-bond donors (Lipinski definition) is 1. The van der Waals surface area contributed by atoms with Gasteiger partial charge in [0.15, 0.2) is 0 Å². The minimum Gasteiger partial charge on any atom is -0.467 e. The molecule has 2 atom stereocenters. The van der Waals surface area contributed by atoms with Crippen LogP contribution in [-0.2, 0) is 14.3 Å². The fraction of sp³-hybridized carbons (Fsp3) is 0.667. The Morgan fingerprint density at radius 2 is 1.94 bits per heavy atom. The highest BCUT2D eigenvalue weighted by atomic mass is 16.5. The lowest BCUT2D eigenvalue weighted by molar-refractivity contribution is -0.146. The van der Waals surface area contributed by atoms with Crippen LogP contribution in [0.15, 0.2) is 11.6 Å². The number of carbonyl (C=O) groups is 2. The van der Waals surface area contributed by atoms with Crippen LogP contribution in [0.5, 0.6) is 0 Å². The Morgan fingerprint density at radius 3 is 2.31 bits per heavy atom. The fourth-order valence-corrected chi connectivity index (χ4v) is 1.25. The van der Waals surface area contributed by atoms with E-state index in [2.05, 4.69) is 10.1 Å². The molecule has 0 aromatic carbocycles. The SMILES string of the molecule is CC[C@@H](C)[C@@H](NC(=O)C=C(C)C)C(=O)OC. The van der Waals surface area contributed by atoms with Crippen molar-refractivity contribution in [1.29, 1.82) is 0 Å². The van der Waals surface area contributed by atoms with Gasteiger partial charge in [-0.3, -0.25) is 4.79 Å². The third kappa shape index (κ3) is 4.96. The number of allylic oxidation sites excluding steroid dienone is 1. The van der Waals surface area contributed by atoms with E-state index in [1.165, 1.54) is 13.2 Å². The predicted octanol–water partition coefficient (Wildman–Crippen LogP) is 1.66. The van der Waals surface area contributed by atoms with Crippen molar-refractivity contribution >= 4 is 11.9 Å². The van der Waals surface area contributed by atoms with Crippen molar-refractivity contribution in [2.45, 2.75) is 40.2 Å². The number of amides is 1. The first kappa shape index (κ1) is 14.7. The summed E-state index contributed by atoms with van der Waals surface area (Å²) in [5.74, 6) is -0.595. The number of carbonyl (C=O) groups excluding carboxylic acids is 2. The van der Waals surface area contributed by atoms with E-state index in [-0.39, 0.29) is 11.8 Å². The monoisotopic (exact) mass is 227 g/mol. The second-order valence-corrected chi connectivity index (χ2v) is 4.12. The Kier molecular flexibility index (Phi) is 6.46. The normalized spacial score (nSPS) is 13.6. The minimum absolute atomic E-state index is 0.0574. The molecule has 0 saturated carbocycles. The Morgan fingerprint density at radius 1 is 1.38 bits per heavy atom. The van der Waals surface area contributed by atoms with Gasteiger partial charge in [-0.15, -0.1) is 0 Å². The van der Waals surface area contributed by atoms with E-state index in [0.29, 0.717) is 0 Å². The van der Waals surface area contributed by atoms with Crippen LogP contribution in [0.1, 0.15) is 34.1 Å². The van der Waals surface area contributed by atoms with Crippen molar-refractivity contribution in [2.75, 3.05) is 7.11 Å². The summed E-state index contributed by atoms with van der Waals surface area (Å²) in [6.07, 6.45) is 2.27. The van der Waals surface area contributed by atoms with Crippen LogP contribution in [0.25, 0.3) is 0 Å². The molecular weight excluding hydrogens is 206 g/mol. The van der Waals surface area contributed by atoms with E-state index >= 15 is 0 Å². The molecule has 0 rings (SSSR count). The molecule has 1 amide bonds. The molecular formula is C12H21NO3. The number of esters is 1. The zero-order valence-corrected chi connectivity index (χ0v) is 10.7. The van der Waals surface area contributed by atoms with E-state index in [1.54, 1.807) is 0 Å². The molecule has 0 aliphatic rings. The molecule has 16 heavy (non-hydrogen) atoms. The van der Waals surface area contributed by atoms with E-state index in [1.807, 2.05) is 27.7 Å². The first-order valence-corrected chi connectivity index (χ1v) is 5.45. The van der Waals surface area contributed by atoms with Crippen molar-refractivity contribution in [3.8, 4) is 0 Å². The molecule has 4 nitrogen and oxygen atoms in total. The van der Waals surface area contributed by atoms with Gasteiger partial charge in [-0.2, -0.15) is 0 Å². The highest BCUT2D eigenvalue weighted by Crippen LogP contribution is 2.09. The average molecular weight is 227 g/mol. The Labute approximate surface area is 97.1 Å². The topological polar surface area (TPSA) is 55.4 Å². The maximum absolute atomic E-state index is 11.5. The van der Waals surface area contributed by atoms with Gasteiger partial charge < -0.3 is 10.1 Å². The van der Waals surface area contributed by atoms with E-state index in [4.69, 9.17) is 0 Å². The third-order valence-corrected chi connectivity index (χ3v) is 2.39. The van der Waals surface area contributed by atoms with Crippen LogP contribution in [0, 0.1) is 5.92 Å². The van der Waals surface area contributed by atoms with Crippen LogP contribution in [-0.4, -0.2) is 25.0 Å². The smallest absolute Gasteiger partial charge is 0.328 e. The van der Waals surface area contributed by atoms with Gasteiger partial charge in [0.25, 0.3) is 0 Å².